The van der Waals surface area contributed by atoms with Crippen LogP contribution in [0.15, 0.2) is 24.5 Å². The van der Waals surface area contributed by atoms with Crippen LogP contribution in [-0.4, -0.2) is 80.2 Å². The molecule has 1 saturated carbocycles. The number of anilines is 2. The first-order chi connectivity index (χ1) is 17.0. The minimum Gasteiger partial charge on any atom is -0.443 e. The normalized spacial score (nSPS) is 23.1. The van der Waals surface area contributed by atoms with E-state index in [2.05, 4.69) is 30.7 Å². The number of hydrogen-bond acceptors (Lipinski definition) is 8. The van der Waals surface area contributed by atoms with Crippen molar-refractivity contribution < 1.29 is 18.7 Å². The predicted octanol–water partition coefficient (Wildman–Crippen LogP) is 2.75. The van der Waals surface area contributed by atoms with E-state index in [4.69, 9.17) is 14.5 Å². The number of aromatic nitrogens is 5. The zero-order valence-electron chi connectivity index (χ0n) is 19.9. The van der Waals surface area contributed by atoms with Crippen LogP contribution in [-0.2, 0) is 16.0 Å². The van der Waals surface area contributed by atoms with E-state index in [0.29, 0.717) is 30.3 Å². The first-order valence-electron chi connectivity index (χ1n) is 12.0. The van der Waals surface area contributed by atoms with E-state index in [1.165, 1.54) is 0 Å². The van der Waals surface area contributed by atoms with E-state index in [1.807, 2.05) is 30.5 Å². The van der Waals surface area contributed by atoms with E-state index in [9.17, 15) is 4.79 Å². The summed E-state index contributed by atoms with van der Waals surface area (Å²) in [6.45, 7) is 7.65. The van der Waals surface area contributed by atoms with Crippen molar-refractivity contribution in [3.63, 3.8) is 0 Å². The van der Waals surface area contributed by atoms with Crippen LogP contribution in [0.1, 0.15) is 44.0 Å². The third-order valence-electron chi connectivity index (χ3n) is 6.32. The highest BCUT2D eigenvalue weighted by Crippen LogP contribution is 2.38. The lowest BCUT2D eigenvalue weighted by molar-refractivity contribution is 0.0337. The molecule has 2 fully saturated rings. The van der Waals surface area contributed by atoms with Crippen LogP contribution in [0.25, 0.3) is 5.65 Å². The van der Waals surface area contributed by atoms with Crippen LogP contribution in [0.3, 0.4) is 0 Å². The summed E-state index contributed by atoms with van der Waals surface area (Å²) >= 11 is 0. The maximum absolute atomic E-state index is 15.1. The fourth-order valence-electron chi connectivity index (χ4n) is 4.61. The van der Waals surface area contributed by atoms with Crippen LogP contribution in [0.4, 0.5) is 21.0 Å². The van der Waals surface area contributed by atoms with Crippen LogP contribution >= 0.6 is 0 Å². The molecule has 0 aromatic carbocycles. The molecule has 35 heavy (non-hydrogen) atoms. The number of morpholine rings is 1. The maximum Gasteiger partial charge on any atom is 0.407 e. The van der Waals surface area contributed by atoms with Crippen LogP contribution in [0.5, 0.6) is 0 Å². The van der Waals surface area contributed by atoms with Crippen molar-refractivity contribution in [1.82, 2.24) is 34.8 Å². The van der Waals surface area contributed by atoms with Crippen molar-refractivity contribution in [2.75, 3.05) is 31.6 Å². The third kappa shape index (κ3) is 5.38. The van der Waals surface area contributed by atoms with Crippen molar-refractivity contribution in [3.05, 3.63) is 35.9 Å². The highest BCUT2D eigenvalue weighted by atomic mass is 19.1. The second kappa shape index (κ2) is 10.2. The second-order valence-electron chi connectivity index (χ2n) is 9.32. The average Bonchev–Trinajstić information content (AvgIpc) is 3.54. The van der Waals surface area contributed by atoms with Gasteiger partial charge in [-0.2, -0.15) is 5.10 Å². The Morgan fingerprint density at radius 3 is 2.97 bits per heavy atom. The lowest BCUT2D eigenvalue weighted by Gasteiger charge is -2.25. The van der Waals surface area contributed by atoms with Crippen molar-refractivity contribution in [1.29, 1.82) is 0 Å². The Labute approximate surface area is 202 Å². The van der Waals surface area contributed by atoms with Crippen LogP contribution < -0.4 is 10.6 Å². The molecule has 3 atom stereocenters. The average molecular weight is 487 g/mol. The summed E-state index contributed by atoms with van der Waals surface area (Å²) in [6.07, 6.45) is 2.00. The zero-order valence-corrected chi connectivity index (χ0v) is 19.9. The van der Waals surface area contributed by atoms with Crippen molar-refractivity contribution in [3.8, 4) is 0 Å². The van der Waals surface area contributed by atoms with Crippen LogP contribution in [0.2, 0.25) is 0 Å². The van der Waals surface area contributed by atoms with Gasteiger partial charge in [-0.3, -0.25) is 14.4 Å². The minimum atomic E-state index is -1.31. The van der Waals surface area contributed by atoms with Gasteiger partial charge in [-0.05, 0) is 32.8 Å². The molecular weight excluding hydrogens is 455 g/mol. The smallest absolute Gasteiger partial charge is 0.407 e. The van der Waals surface area contributed by atoms with E-state index in [-0.39, 0.29) is 6.04 Å². The second-order valence-corrected chi connectivity index (χ2v) is 9.32. The molecule has 4 heterocycles. The highest BCUT2D eigenvalue weighted by molar-refractivity contribution is 5.67. The number of H-pyrrole nitrogens is 1. The summed E-state index contributed by atoms with van der Waals surface area (Å²) < 4.78 is 27.7. The van der Waals surface area contributed by atoms with Gasteiger partial charge in [0.15, 0.2) is 5.82 Å². The summed E-state index contributed by atoms with van der Waals surface area (Å²) in [7, 11) is 0. The largest absolute Gasteiger partial charge is 0.443 e. The SMILES string of the molecule is CC(C)NC(=O)O[C@H]1CC[C@@H](c2cc(Nc3nccc4nc(CN5CCOCC5)cn34)n[nH]2)[C@H]1F. The number of imidazole rings is 1. The van der Waals surface area contributed by atoms with Crippen molar-refractivity contribution in [2.45, 2.75) is 57.5 Å². The van der Waals surface area contributed by atoms with E-state index in [1.54, 1.807) is 12.3 Å². The molecule has 1 aliphatic heterocycles. The van der Waals surface area contributed by atoms with Gasteiger partial charge in [0.1, 0.15) is 17.9 Å². The number of aromatic amines is 1. The number of hydrogen-bond donors (Lipinski definition) is 3. The van der Waals surface area contributed by atoms with Gasteiger partial charge < -0.3 is 20.1 Å². The first kappa shape index (κ1) is 23.5. The molecule has 0 radical (unpaired) electrons. The summed E-state index contributed by atoms with van der Waals surface area (Å²) in [5.74, 6) is 0.667. The number of rotatable bonds is 7. The monoisotopic (exact) mass is 486 g/mol. The number of nitrogens with one attached hydrogen (secondary N) is 3. The number of fused-ring (bicyclic) bond motifs is 1. The van der Waals surface area contributed by atoms with Gasteiger partial charge in [0.05, 0.1) is 18.9 Å². The van der Waals surface area contributed by atoms with E-state index >= 15 is 4.39 Å². The summed E-state index contributed by atoms with van der Waals surface area (Å²) in [5.41, 5.74) is 2.38. The molecule has 3 N–H and O–H groups in total. The first-order valence-corrected chi connectivity index (χ1v) is 12.0. The van der Waals surface area contributed by atoms with Gasteiger partial charge in [-0.1, -0.05) is 0 Å². The molecule has 1 amide bonds. The number of carbonyl (C=O) groups excluding carboxylic acids is 1. The molecule has 3 aromatic rings. The lowest BCUT2D eigenvalue weighted by Crippen LogP contribution is -2.36. The van der Waals surface area contributed by atoms with E-state index in [0.717, 1.165) is 44.2 Å². The molecule has 11 nitrogen and oxygen atoms in total. The Kier molecular flexibility index (Phi) is 6.82. The molecule has 3 aromatic heterocycles. The number of amides is 1. The number of carbonyl (C=O) groups is 1. The van der Waals surface area contributed by atoms with Gasteiger partial charge in [-0.15, -0.1) is 0 Å². The Hall–Kier alpha value is -3.25. The number of alkyl carbamates (subject to hydrolysis) is 1. The zero-order chi connectivity index (χ0) is 24.4. The van der Waals surface area contributed by atoms with Crippen LogP contribution in [0, 0.1) is 0 Å². The van der Waals surface area contributed by atoms with Crippen molar-refractivity contribution >= 4 is 23.5 Å². The fourth-order valence-corrected chi connectivity index (χ4v) is 4.61. The van der Waals surface area contributed by atoms with E-state index < -0.39 is 24.3 Å². The number of halogens is 1. The third-order valence-corrected chi connectivity index (χ3v) is 6.32. The topological polar surface area (TPSA) is 122 Å². The van der Waals surface area contributed by atoms with Gasteiger partial charge in [0.2, 0.25) is 5.95 Å². The van der Waals surface area contributed by atoms with Crippen molar-refractivity contribution in [2.24, 2.45) is 0 Å². The maximum atomic E-state index is 15.1. The molecule has 2 aliphatic rings. The van der Waals surface area contributed by atoms with Gasteiger partial charge in [0.25, 0.3) is 0 Å². The molecule has 0 spiro atoms. The quantitative estimate of drug-likeness (QED) is 0.466. The molecule has 0 bridgehead atoms. The molecule has 12 heteroatoms. The summed E-state index contributed by atoms with van der Waals surface area (Å²) in [5, 5.41) is 13.1. The fraction of sp³-hybridized carbons (Fsp3) is 0.565. The standard InChI is InChI=1S/C23H31FN8O3/c1-14(2)26-23(33)35-18-4-3-16(21(18)24)17-11-19(30-29-17)28-22-25-6-5-20-27-15(13-32(20)22)12-31-7-9-34-10-8-31/h5-6,11,13-14,16,18,21H,3-4,7-10,12H2,1-2H3,(H,26,33)(H2,25,28,29,30)/t16-,18-,21+/m0/s1. The number of nitrogens with zero attached hydrogens (tertiary/aromatic N) is 5. The summed E-state index contributed by atoms with van der Waals surface area (Å²) in [4.78, 5) is 23.3. The Morgan fingerprint density at radius 2 is 2.17 bits per heavy atom. The molecule has 1 saturated heterocycles. The molecule has 0 unspecified atom stereocenters. The molecule has 1 aliphatic carbocycles. The number of alkyl halides is 1. The molecular formula is C23H31FN8O3. The van der Waals surface area contributed by atoms with Gasteiger partial charge in [0, 0.05) is 55.7 Å². The molecule has 5 rings (SSSR count). The summed E-state index contributed by atoms with van der Waals surface area (Å²) in [6, 6.07) is 3.56. The Morgan fingerprint density at radius 1 is 1.34 bits per heavy atom. The predicted molar refractivity (Wildman–Crippen MR) is 126 cm³/mol. The minimum absolute atomic E-state index is 0.0667. The van der Waals surface area contributed by atoms with Gasteiger partial charge in [-0.25, -0.2) is 19.2 Å². The molecule has 188 valence electrons. The Balaban J connectivity index is 1.25. The number of ether oxygens (including phenoxy) is 2. The lowest BCUT2D eigenvalue weighted by atomic mass is 10.0. The highest BCUT2D eigenvalue weighted by Gasteiger charge is 2.40. The van der Waals surface area contributed by atoms with Gasteiger partial charge >= 0.3 is 6.09 Å². The Bertz CT molecular complexity index is 1160.